The minimum atomic E-state index is -1.44. The molecule has 10 heteroatoms. The molecule has 0 aliphatic rings. The molecule has 2 aromatic rings. The first-order chi connectivity index (χ1) is 10.4. The lowest BCUT2D eigenvalue weighted by atomic mass is 10.1. The number of para-hydroxylation sites is 1. The maximum atomic E-state index is 13.0. The Labute approximate surface area is 120 Å². The van der Waals surface area contributed by atoms with Crippen molar-refractivity contribution >= 4 is 11.7 Å². The van der Waals surface area contributed by atoms with Gasteiger partial charge in [0.05, 0.1) is 11.3 Å². The zero-order valence-corrected chi connectivity index (χ0v) is 10.8. The minimum Gasteiger partial charge on any atom is -0.328 e. The van der Waals surface area contributed by atoms with Crippen LogP contribution in [0.4, 0.5) is 10.1 Å². The topological polar surface area (TPSA) is 124 Å². The van der Waals surface area contributed by atoms with E-state index >= 15 is 0 Å². The zero-order valence-electron chi connectivity index (χ0n) is 10.8. The Hall–Kier alpha value is -3.30. The Morgan fingerprint density at radius 1 is 1.36 bits per heavy atom. The molecule has 0 aliphatic heterocycles. The molecule has 114 valence electrons. The number of aromatic amines is 1. The number of carbonyl (C=O) groups is 1. The molecule has 0 bridgehead atoms. The predicted octanol–water partition coefficient (Wildman–Crippen LogP) is -0.218. The largest absolute Gasteiger partial charge is 0.362 e. The average molecular weight is 309 g/mol. The van der Waals surface area contributed by atoms with E-state index in [-0.39, 0.29) is 16.0 Å². The summed E-state index contributed by atoms with van der Waals surface area (Å²) in [6, 6.07) is 5.38. The Morgan fingerprint density at radius 3 is 2.73 bits per heavy atom. The van der Waals surface area contributed by atoms with Crippen molar-refractivity contribution < 1.29 is 18.9 Å². The lowest BCUT2D eigenvalue weighted by molar-refractivity contribution is -0.385. The van der Waals surface area contributed by atoms with Crippen LogP contribution in [0.3, 0.4) is 0 Å². The molecule has 9 nitrogen and oxygen atoms in total. The molecule has 1 N–H and O–H groups in total. The number of nitrogens with zero attached hydrogens (tertiary/aromatic N) is 2. The van der Waals surface area contributed by atoms with E-state index in [4.69, 9.17) is 0 Å². The van der Waals surface area contributed by atoms with Crippen LogP contribution in [0.1, 0.15) is 5.56 Å². The molecule has 0 saturated carbocycles. The van der Waals surface area contributed by atoms with Crippen LogP contribution in [-0.2, 0) is 11.2 Å². The molecule has 0 radical (unpaired) electrons. The number of nitro benzene ring substituents is 1. The Morgan fingerprint density at radius 2 is 2.05 bits per heavy atom. The fourth-order valence-electron chi connectivity index (χ4n) is 1.65. The molecule has 22 heavy (non-hydrogen) atoms. The van der Waals surface area contributed by atoms with Crippen LogP contribution in [-0.4, -0.2) is 20.6 Å². The van der Waals surface area contributed by atoms with Crippen LogP contribution in [0, 0.1) is 15.9 Å². The van der Waals surface area contributed by atoms with E-state index in [9.17, 15) is 28.9 Å². The predicted molar refractivity (Wildman–Crippen MR) is 69.7 cm³/mol. The SMILES string of the molecule is O=C(Cc1ccccc1[N+](=O)[O-])On1c(=O)[nH]cc(F)c1=O. The van der Waals surface area contributed by atoms with Crippen molar-refractivity contribution in [2.24, 2.45) is 0 Å². The molecule has 0 atom stereocenters. The highest BCUT2D eigenvalue weighted by Crippen LogP contribution is 2.17. The Kier molecular flexibility index (Phi) is 4.11. The van der Waals surface area contributed by atoms with Crippen LogP contribution in [0.2, 0.25) is 0 Å². The van der Waals surface area contributed by atoms with Gasteiger partial charge >= 0.3 is 17.2 Å². The molecule has 1 heterocycles. The first-order valence-corrected chi connectivity index (χ1v) is 5.84. The first kappa shape index (κ1) is 15.1. The number of halogens is 1. The lowest BCUT2D eigenvalue weighted by Crippen LogP contribution is -2.43. The molecular formula is C12H8FN3O6. The van der Waals surface area contributed by atoms with Gasteiger partial charge in [0.1, 0.15) is 0 Å². The molecule has 2 rings (SSSR count). The minimum absolute atomic E-state index is 0.0263. The van der Waals surface area contributed by atoms with Gasteiger partial charge in [-0.2, -0.15) is 4.39 Å². The standard InChI is InChI=1S/C12H8FN3O6/c13-8-6-14-12(19)15(11(8)18)22-10(17)5-7-3-1-2-4-9(7)16(20)21/h1-4,6H,5H2,(H,14,19). The molecule has 0 spiro atoms. The van der Waals surface area contributed by atoms with E-state index in [1.54, 1.807) is 0 Å². The highest BCUT2D eigenvalue weighted by atomic mass is 19.1. The third-order valence-electron chi connectivity index (χ3n) is 2.61. The average Bonchev–Trinajstić information content (AvgIpc) is 2.48. The number of nitro groups is 1. The fraction of sp³-hybridized carbons (Fsp3) is 0.0833. The van der Waals surface area contributed by atoms with Gasteiger partial charge in [-0.1, -0.05) is 22.9 Å². The van der Waals surface area contributed by atoms with Crippen molar-refractivity contribution in [2.75, 3.05) is 0 Å². The van der Waals surface area contributed by atoms with Crippen molar-refractivity contribution in [2.45, 2.75) is 6.42 Å². The molecule has 0 amide bonds. The van der Waals surface area contributed by atoms with Gasteiger partial charge in [0.25, 0.3) is 5.69 Å². The van der Waals surface area contributed by atoms with Crippen molar-refractivity contribution in [3.8, 4) is 0 Å². The van der Waals surface area contributed by atoms with E-state index in [0.717, 1.165) is 0 Å². The number of hydrogen-bond acceptors (Lipinski definition) is 6. The number of carbonyl (C=O) groups excluding carboxylic acids is 1. The Balaban J connectivity index is 2.26. The van der Waals surface area contributed by atoms with Crippen molar-refractivity contribution in [1.29, 1.82) is 0 Å². The molecule has 1 aromatic heterocycles. The molecule has 0 fully saturated rings. The van der Waals surface area contributed by atoms with Crippen LogP contribution in [0.5, 0.6) is 0 Å². The number of rotatable bonds is 4. The third-order valence-corrected chi connectivity index (χ3v) is 2.61. The summed E-state index contributed by atoms with van der Waals surface area (Å²) in [6.07, 6.45) is -0.0451. The molecule has 0 aliphatic carbocycles. The van der Waals surface area contributed by atoms with Gasteiger partial charge in [0.2, 0.25) is 5.82 Å². The highest BCUT2D eigenvalue weighted by Gasteiger charge is 2.18. The monoisotopic (exact) mass is 309 g/mol. The van der Waals surface area contributed by atoms with E-state index in [0.29, 0.717) is 6.20 Å². The lowest BCUT2D eigenvalue weighted by Gasteiger charge is -2.05. The summed E-state index contributed by atoms with van der Waals surface area (Å²) in [5.74, 6) is -2.45. The summed E-state index contributed by atoms with van der Waals surface area (Å²) < 4.78 is 12.9. The van der Waals surface area contributed by atoms with Crippen molar-refractivity contribution in [3.05, 3.63) is 72.8 Å². The third kappa shape index (κ3) is 3.06. The van der Waals surface area contributed by atoms with E-state index in [1.807, 2.05) is 4.98 Å². The van der Waals surface area contributed by atoms with Gasteiger partial charge < -0.3 is 9.82 Å². The maximum absolute atomic E-state index is 13.0. The normalized spacial score (nSPS) is 10.2. The second-order valence-electron chi connectivity index (χ2n) is 4.07. The van der Waals surface area contributed by atoms with Crippen LogP contribution in [0.25, 0.3) is 0 Å². The maximum Gasteiger partial charge on any atom is 0.362 e. The zero-order chi connectivity index (χ0) is 16.3. The molecule has 1 aromatic carbocycles. The summed E-state index contributed by atoms with van der Waals surface area (Å²) in [5.41, 5.74) is -2.89. The highest BCUT2D eigenvalue weighted by molar-refractivity contribution is 5.74. The van der Waals surface area contributed by atoms with Gasteiger partial charge in [-0.3, -0.25) is 14.9 Å². The molecular weight excluding hydrogens is 301 g/mol. The number of H-pyrrole nitrogens is 1. The second kappa shape index (κ2) is 5.99. The smallest absolute Gasteiger partial charge is 0.328 e. The number of hydrogen-bond donors (Lipinski definition) is 1. The van der Waals surface area contributed by atoms with Crippen molar-refractivity contribution in [1.82, 2.24) is 9.71 Å². The van der Waals surface area contributed by atoms with Gasteiger partial charge in [0.15, 0.2) is 0 Å². The summed E-state index contributed by atoms with van der Waals surface area (Å²) in [6.45, 7) is 0. The van der Waals surface area contributed by atoms with Crippen LogP contribution in [0.15, 0.2) is 40.1 Å². The summed E-state index contributed by atoms with van der Waals surface area (Å²) in [5, 5.41) is 10.8. The number of nitrogens with one attached hydrogen (secondary N) is 1. The molecule has 0 unspecified atom stereocenters. The summed E-state index contributed by atoms with van der Waals surface area (Å²) >= 11 is 0. The number of aromatic nitrogens is 2. The molecule has 0 saturated heterocycles. The van der Waals surface area contributed by atoms with E-state index in [1.165, 1.54) is 24.3 Å². The van der Waals surface area contributed by atoms with Gasteiger partial charge in [-0.15, -0.1) is 0 Å². The first-order valence-electron chi connectivity index (χ1n) is 5.84. The summed E-state index contributed by atoms with van der Waals surface area (Å²) in [7, 11) is 0. The van der Waals surface area contributed by atoms with Crippen LogP contribution >= 0.6 is 0 Å². The Bertz CT molecular complexity index is 856. The summed E-state index contributed by atoms with van der Waals surface area (Å²) in [4.78, 5) is 50.8. The number of benzene rings is 1. The van der Waals surface area contributed by atoms with Crippen LogP contribution < -0.4 is 16.1 Å². The van der Waals surface area contributed by atoms with E-state index in [2.05, 4.69) is 4.84 Å². The van der Waals surface area contributed by atoms with E-state index < -0.39 is 34.4 Å². The van der Waals surface area contributed by atoms with Gasteiger partial charge in [-0.25, -0.2) is 9.59 Å². The van der Waals surface area contributed by atoms with Gasteiger partial charge in [0, 0.05) is 17.8 Å². The quantitative estimate of drug-likeness (QED) is 0.615. The second-order valence-corrected chi connectivity index (χ2v) is 4.07. The van der Waals surface area contributed by atoms with Crippen molar-refractivity contribution in [3.63, 3.8) is 0 Å². The fourth-order valence-corrected chi connectivity index (χ4v) is 1.65. The van der Waals surface area contributed by atoms with Gasteiger partial charge in [-0.05, 0) is 0 Å².